The van der Waals surface area contributed by atoms with Gasteiger partial charge in [-0.1, -0.05) is 93.9 Å². The Morgan fingerprint density at radius 1 is 0.743 bits per heavy atom. The van der Waals surface area contributed by atoms with E-state index in [0.29, 0.717) is 8.27 Å². The van der Waals surface area contributed by atoms with Crippen LogP contribution < -0.4 is 15.9 Å². The molecule has 4 aromatic rings. The molecule has 178 valence electrons. The highest BCUT2D eigenvalue weighted by Gasteiger charge is 2.30. The average Bonchev–Trinajstić information content (AvgIpc) is 2.88. The van der Waals surface area contributed by atoms with Gasteiger partial charge in [-0.05, 0) is 52.2 Å². The number of fused-ring (bicyclic) bond motifs is 2. The van der Waals surface area contributed by atoms with Crippen molar-refractivity contribution < 1.29 is 9.59 Å². The molecule has 4 atom stereocenters. The normalized spacial score (nSPS) is 18.2. The number of amides is 2. The first kappa shape index (κ1) is 23.9. The van der Waals surface area contributed by atoms with Crippen LogP contribution in [0.1, 0.15) is 52.0 Å². The molecule has 1 aliphatic rings. The van der Waals surface area contributed by atoms with Crippen molar-refractivity contribution in [1.29, 1.82) is 0 Å². The van der Waals surface area contributed by atoms with E-state index in [1.165, 1.54) is 0 Å². The highest BCUT2D eigenvalue weighted by molar-refractivity contribution is 8.06. The molecule has 2 unspecified atom stereocenters. The molecule has 0 saturated heterocycles. The van der Waals surface area contributed by atoms with Gasteiger partial charge in [0.2, 0.25) is 0 Å². The molecule has 4 aromatic carbocycles. The van der Waals surface area contributed by atoms with Crippen molar-refractivity contribution in [3.8, 4) is 0 Å². The maximum Gasteiger partial charge on any atom is 0.252 e. The van der Waals surface area contributed by atoms with Gasteiger partial charge in [0.25, 0.3) is 11.8 Å². The smallest absolute Gasteiger partial charge is 0.252 e. The molecule has 5 rings (SSSR count). The molecular formula is C29H30N2O2P2. The van der Waals surface area contributed by atoms with Crippen molar-refractivity contribution in [1.82, 2.24) is 10.6 Å². The fourth-order valence-corrected chi connectivity index (χ4v) is 6.57. The van der Waals surface area contributed by atoms with Crippen molar-refractivity contribution >= 4 is 55.9 Å². The van der Waals surface area contributed by atoms with Crippen LogP contribution in [0.15, 0.2) is 72.8 Å². The number of carbonyl (C=O) groups is 2. The van der Waals surface area contributed by atoms with Crippen LogP contribution in [-0.4, -0.2) is 23.9 Å². The van der Waals surface area contributed by atoms with Crippen LogP contribution in [0.2, 0.25) is 0 Å². The van der Waals surface area contributed by atoms with Gasteiger partial charge in [-0.15, -0.1) is 8.93 Å². The maximum absolute atomic E-state index is 13.6. The quantitative estimate of drug-likeness (QED) is 0.337. The van der Waals surface area contributed by atoms with E-state index < -0.39 is 0 Å². The minimum absolute atomic E-state index is 0.0563. The Kier molecular flexibility index (Phi) is 7.14. The van der Waals surface area contributed by atoms with Crippen LogP contribution in [0.3, 0.4) is 0 Å². The van der Waals surface area contributed by atoms with Crippen LogP contribution >= 0.6 is 17.2 Å². The SMILES string of the molecule is Cc1ccc2ccccc2c1C(=O)N[C@@H]1CCCC[C@H]1NC(=O)c1c(PP)ccc2ccccc12. The molecule has 2 amide bonds. The second kappa shape index (κ2) is 10.4. The van der Waals surface area contributed by atoms with Gasteiger partial charge in [0.05, 0.1) is 11.1 Å². The zero-order chi connectivity index (χ0) is 24.4. The number of hydrogen-bond acceptors (Lipinski definition) is 2. The van der Waals surface area contributed by atoms with E-state index in [-0.39, 0.29) is 23.9 Å². The first-order valence-electron chi connectivity index (χ1n) is 12.2. The molecule has 1 fully saturated rings. The summed E-state index contributed by atoms with van der Waals surface area (Å²) in [5.74, 6) is -0.123. The van der Waals surface area contributed by atoms with E-state index in [4.69, 9.17) is 0 Å². The Hall–Kier alpha value is -2.80. The van der Waals surface area contributed by atoms with Gasteiger partial charge in [0, 0.05) is 12.1 Å². The molecule has 4 nitrogen and oxygen atoms in total. The van der Waals surface area contributed by atoms with Crippen molar-refractivity contribution in [2.24, 2.45) is 0 Å². The van der Waals surface area contributed by atoms with Crippen molar-refractivity contribution in [3.63, 3.8) is 0 Å². The summed E-state index contributed by atoms with van der Waals surface area (Å²) in [7, 11) is 3.20. The molecule has 0 aromatic heterocycles. The number of rotatable bonds is 5. The number of aryl methyl sites for hydroxylation is 1. The summed E-state index contributed by atoms with van der Waals surface area (Å²) in [6.07, 6.45) is 3.79. The molecule has 35 heavy (non-hydrogen) atoms. The van der Waals surface area contributed by atoms with E-state index in [1.54, 1.807) is 0 Å². The van der Waals surface area contributed by atoms with E-state index >= 15 is 0 Å². The first-order chi connectivity index (χ1) is 17.1. The summed E-state index contributed by atoms with van der Waals surface area (Å²) in [6.45, 7) is 1.98. The Morgan fingerprint density at radius 3 is 1.86 bits per heavy atom. The van der Waals surface area contributed by atoms with Crippen molar-refractivity contribution in [2.45, 2.75) is 44.7 Å². The predicted octanol–water partition coefficient (Wildman–Crippen LogP) is 5.87. The summed E-state index contributed by atoms with van der Waals surface area (Å²) in [5.41, 5.74) is 2.43. The van der Waals surface area contributed by atoms with Gasteiger partial charge >= 0.3 is 0 Å². The fraction of sp³-hybridized carbons (Fsp3) is 0.241. The first-order valence-corrected chi connectivity index (χ1v) is 15.0. The lowest BCUT2D eigenvalue weighted by Gasteiger charge is -2.33. The van der Waals surface area contributed by atoms with Crippen molar-refractivity contribution in [3.05, 3.63) is 89.5 Å². The zero-order valence-electron chi connectivity index (χ0n) is 19.8. The topological polar surface area (TPSA) is 58.2 Å². The van der Waals surface area contributed by atoms with E-state index in [1.807, 2.05) is 67.6 Å². The Balaban J connectivity index is 1.41. The summed E-state index contributed by atoms with van der Waals surface area (Å²) < 4.78 is 0. The summed E-state index contributed by atoms with van der Waals surface area (Å²) in [4.78, 5) is 27.1. The average molecular weight is 501 g/mol. The standard InChI is InChI=1S/C29H30N2O2P2/c1-18-14-15-19-8-2-4-10-21(19)26(18)28(32)30-23-12-6-7-13-24(23)31-29(33)27-22-11-5-3-9-20(22)16-17-25(27)35-34/h2-5,8-11,14-17,23-24,35H,6-7,12-13,34H2,1H3,(H,30,32)(H,31,33)/t23-,24-/m1/s1. The number of carbonyl (C=O) groups excluding carboxylic acids is 2. The predicted molar refractivity (Wildman–Crippen MR) is 151 cm³/mol. The lowest BCUT2D eigenvalue weighted by molar-refractivity contribution is 0.0864. The molecule has 0 spiro atoms. The summed E-state index contributed by atoms with van der Waals surface area (Å²) in [6, 6.07) is 24.0. The summed E-state index contributed by atoms with van der Waals surface area (Å²) in [5, 5.41) is 11.7. The number of benzene rings is 4. The molecule has 0 aliphatic heterocycles. The van der Waals surface area contributed by atoms with Gasteiger partial charge in [-0.2, -0.15) is 0 Å². The van der Waals surface area contributed by atoms with Crippen LogP contribution in [0.25, 0.3) is 21.5 Å². The second-order valence-corrected chi connectivity index (χ2v) is 11.0. The number of hydrogen-bond donors (Lipinski definition) is 2. The molecular weight excluding hydrogens is 470 g/mol. The zero-order valence-corrected chi connectivity index (χ0v) is 22.0. The third-order valence-electron chi connectivity index (χ3n) is 7.07. The molecule has 1 saturated carbocycles. The van der Waals surface area contributed by atoms with Crippen molar-refractivity contribution in [2.75, 3.05) is 0 Å². The molecule has 2 N–H and O–H groups in total. The molecule has 0 radical (unpaired) electrons. The Bertz CT molecular complexity index is 1420. The van der Waals surface area contributed by atoms with Gasteiger partial charge in [-0.25, -0.2) is 0 Å². The fourth-order valence-electron chi connectivity index (χ4n) is 5.28. The highest BCUT2D eigenvalue weighted by Crippen LogP contribution is 2.28. The van der Waals surface area contributed by atoms with Gasteiger partial charge in [0.1, 0.15) is 0 Å². The number of nitrogens with one attached hydrogen (secondary N) is 2. The molecule has 6 heteroatoms. The van der Waals surface area contributed by atoms with Crippen LogP contribution in [0.5, 0.6) is 0 Å². The van der Waals surface area contributed by atoms with E-state index in [0.717, 1.165) is 69.2 Å². The highest BCUT2D eigenvalue weighted by atomic mass is 32.0. The minimum atomic E-state index is -0.102. The monoisotopic (exact) mass is 500 g/mol. The van der Waals surface area contributed by atoms with Gasteiger partial charge < -0.3 is 10.6 Å². The lowest BCUT2D eigenvalue weighted by atomic mass is 9.89. The Morgan fingerprint density at radius 2 is 1.26 bits per heavy atom. The largest absolute Gasteiger partial charge is 0.347 e. The van der Waals surface area contributed by atoms with Crippen LogP contribution in [0.4, 0.5) is 0 Å². The Labute approximate surface area is 210 Å². The van der Waals surface area contributed by atoms with Crippen LogP contribution in [0, 0.1) is 6.92 Å². The third kappa shape index (κ3) is 4.83. The lowest BCUT2D eigenvalue weighted by Crippen LogP contribution is -2.53. The van der Waals surface area contributed by atoms with Gasteiger partial charge in [0.15, 0.2) is 0 Å². The minimum Gasteiger partial charge on any atom is -0.347 e. The van der Waals surface area contributed by atoms with E-state index in [2.05, 4.69) is 31.7 Å². The van der Waals surface area contributed by atoms with Gasteiger partial charge in [-0.3, -0.25) is 9.59 Å². The molecule has 0 bridgehead atoms. The second-order valence-electron chi connectivity index (χ2n) is 9.28. The van der Waals surface area contributed by atoms with E-state index in [9.17, 15) is 9.59 Å². The molecule has 1 aliphatic carbocycles. The van der Waals surface area contributed by atoms with Crippen LogP contribution in [-0.2, 0) is 0 Å². The molecule has 0 heterocycles. The summed E-state index contributed by atoms with van der Waals surface area (Å²) >= 11 is 0. The third-order valence-corrected chi connectivity index (χ3v) is 8.74. The maximum atomic E-state index is 13.6.